The zero-order chi connectivity index (χ0) is 17.3. The molecule has 2 heterocycles. The summed E-state index contributed by atoms with van der Waals surface area (Å²) >= 11 is 0. The molecular formula is C20H28N4O. The molecule has 5 nitrogen and oxygen atoms in total. The first-order valence-corrected chi connectivity index (χ1v) is 9.30. The van der Waals surface area contributed by atoms with Crippen LogP contribution in [0.15, 0.2) is 48.8 Å². The van der Waals surface area contributed by atoms with E-state index in [1.807, 2.05) is 12.3 Å². The van der Waals surface area contributed by atoms with Gasteiger partial charge in [0.15, 0.2) is 0 Å². The Balaban J connectivity index is 1.42. The van der Waals surface area contributed by atoms with Gasteiger partial charge in [-0.25, -0.2) is 0 Å². The van der Waals surface area contributed by atoms with Gasteiger partial charge in [-0.2, -0.15) is 5.10 Å². The Morgan fingerprint density at radius 1 is 1.20 bits per heavy atom. The zero-order valence-electron chi connectivity index (χ0n) is 14.8. The number of carbonyl (C=O) groups excluding carboxylic acids is 1. The summed E-state index contributed by atoms with van der Waals surface area (Å²) in [5.74, 6) is 0.661. The van der Waals surface area contributed by atoms with Gasteiger partial charge in [0, 0.05) is 45.0 Å². The average molecular weight is 340 g/mol. The fraction of sp³-hybridized carbons (Fsp3) is 0.500. The van der Waals surface area contributed by atoms with E-state index in [4.69, 9.17) is 0 Å². The van der Waals surface area contributed by atoms with Crippen LogP contribution in [-0.4, -0.2) is 40.2 Å². The molecule has 1 N–H and O–H groups in total. The molecule has 1 aromatic heterocycles. The minimum Gasteiger partial charge on any atom is -0.356 e. The Bertz CT molecular complexity index is 626. The predicted molar refractivity (Wildman–Crippen MR) is 98.9 cm³/mol. The fourth-order valence-corrected chi connectivity index (χ4v) is 3.46. The van der Waals surface area contributed by atoms with Crippen molar-refractivity contribution in [2.75, 3.05) is 19.6 Å². The van der Waals surface area contributed by atoms with Crippen molar-refractivity contribution in [3.8, 4) is 0 Å². The quantitative estimate of drug-likeness (QED) is 0.843. The smallest absolute Gasteiger partial charge is 0.221 e. The number of nitrogens with zero attached hydrogens (tertiary/aromatic N) is 3. The molecule has 1 atom stereocenters. The van der Waals surface area contributed by atoms with Gasteiger partial charge in [0.05, 0.1) is 0 Å². The van der Waals surface area contributed by atoms with Crippen LogP contribution in [0.3, 0.4) is 0 Å². The Hall–Kier alpha value is -2.14. The Morgan fingerprint density at radius 3 is 2.88 bits per heavy atom. The highest BCUT2D eigenvalue weighted by molar-refractivity contribution is 5.75. The van der Waals surface area contributed by atoms with Gasteiger partial charge in [-0.15, -0.1) is 0 Å². The van der Waals surface area contributed by atoms with Crippen molar-refractivity contribution >= 4 is 5.91 Å². The van der Waals surface area contributed by atoms with Gasteiger partial charge in [0.25, 0.3) is 0 Å². The van der Waals surface area contributed by atoms with E-state index in [1.165, 1.54) is 24.8 Å². The largest absolute Gasteiger partial charge is 0.356 e. The first-order chi connectivity index (χ1) is 12.3. The number of aryl methyl sites for hydroxylation is 1. The van der Waals surface area contributed by atoms with Gasteiger partial charge in [-0.05, 0) is 36.9 Å². The third kappa shape index (κ3) is 6.02. The van der Waals surface area contributed by atoms with Gasteiger partial charge in [-0.1, -0.05) is 36.8 Å². The average Bonchev–Trinajstić information content (AvgIpc) is 3.06. The normalized spacial score (nSPS) is 18.6. The van der Waals surface area contributed by atoms with Gasteiger partial charge in [0.2, 0.25) is 5.91 Å². The lowest BCUT2D eigenvalue weighted by Gasteiger charge is -2.24. The molecule has 5 heteroatoms. The topological polar surface area (TPSA) is 50.2 Å². The van der Waals surface area contributed by atoms with E-state index in [0.717, 1.165) is 26.2 Å². The van der Waals surface area contributed by atoms with Gasteiger partial charge < -0.3 is 5.32 Å². The summed E-state index contributed by atoms with van der Waals surface area (Å²) in [5.41, 5.74) is 1.37. The zero-order valence-corrected chi connectivity index (χ0v) is 14.8. The highest BCUT2D eigenvalue weighted by atomic mass is 16.1. The molecule has 3 rings (SSSR count). The summed E-state index contributed by atoms with van der Waals surface area (Å²) in [6, 6.07) is 12.5. The lowest BCUT2D eigenvalue weighted by atomic mass is 10.0. The molecule has 1 saturated heterocycles. The first-order valence-electron chi connectivity index (χ1n) is 9.30. The fourth-order valence-electron chi connectivity index (χ4n) is 3.46. The number of likely N-dealkylation sites (tertiary alicyclic amines) is 1. The SMILES string of the molecule is O=C(CCn1cccn1)NCC1CCCCN(Cc2ccccc2)C1. The molecule has 0 aliphatic carbocycles. The summed E-state index contributed by atoms with van der Waals surface area (Å²) in [7, 11) is 0. The van der Waals surface area contributed by atoms with Crippen LogP contribution in [0.1, 0.15) is 31.2 Å². The summed E-state index contributed by atoms with van der Waals surface area (Å²) in [5, 5.41) is 7.25. The Kier molecular flexibility index (Phi) is 6.63. The van der Waals surface area contributed by atoms with Gasteiger partial charge >= 0.3 is 0 Å². The second-order valence-corrected chi connectivity index (χ2v) is 6.91. The number of hydrogen-bond donors (Lipinski definition) is 1. The Morgan fingerprint density at radius 2 is 2.08 bits per heavy atom. The molecule has 2 aromatic rings. The lowest BCUT2D eigenvalue weighted by molar-refractivity contribution is -0.121. The molecule has 0 bridgehead atoms. The number of aromatic nitrogens is 2. The summed E-state index contributed by atoms with van der Waals surface area (Å²) in [6.07, 6.45) is 7.81. The van der Waals surface area contributed by atoms with Crippen LogP contribution in [0.2, 0.25) is 0 Å². The monoisotopic (exact) mass is 340 g/mol. The number of benzene rings is 1. The van der Waals surface area contributed by atoms with E-state index in [2.05, 4.69) is 45.6 Å². The van der Waals surface area contributed by atoms with E-state index in [0.29, 0.717) is 18.9 Å². The lowest BCUT2D eigenvalue weighted by Crippen LogP contribution is -2.35. The van der Waals surface area contributed by atoms with Crippen LogP contribution in [0, 0.1) is 5.92 Å². The van der Waals surface area contributed by atoms with E-state index >= 15 is 0 Å². The minimum absolute atomic E-state index is 0.120. The van der Waals surface area contributed by atoms with Crippen molar-refractivity contribution in [1.29, 1.82) is 0 Å². The van der Waals surface area contributed by atoms with Crippen LogP contribution < -0.4 is 5.32 Å². The predicted octanol–water partition coefficient (Wildman–Crippen LogP) is 2.69. The van der Waals surface area contributed by atoms with Crippen molar-refractivity contribution < 1.29 is 4.79 Å². The van der Waals surface area contributed by atoms with Crippen LogP contribution in [0.5, 0.6) is 0 Å². The molecule has 1 unspecified atom stereocenters. The first kappa shape index (κ1) is 17.7. The maximum absolute atomic E-state index is 12.1. The highest BCUT2D eigenvalue weighted by Gasteiger charge is 2.19. The van der Waals surface area contributed by atoms with E-state index in [9.17, 15) is 4.79 Å². The third-order valence-corrected chi connectivity index (χ3v) is 4.82. The molecule has 1 aliphatic heterocycles. The maximum atomic E-state index is 12.1. The van der Waals surface area contributed by atoms with Crippen LogP contribution in [0.4, 0.5) is 0 Å². The van der Waals surface area contributed by atoms with E-state index in [1.54, 1.807) is 10.9 Å². The van der Waals surface area contributed by atoms with Crippen molar-refractivity contribution in [2.45, 2.75) is 38.8 Å². The molecule has 1 fully saturated rings. The number of carbonyl (C=O) groups is 1. The molecule has 1 aromatic carbocycles. The number of rotatable bonds is 7. The minimum atomic E-state index is 0.120. The van der Waals surface area contributed by atoms with Gasteiger partial charge in [0.1, 0.15) is 0 Å². The van der Waals surface area contributed by atoms with E-state index in [-0.39, 0.29) is 5.91 Å². The second kappa shape index (κ2) is 9.37. The maximum Gasteiger partial charge on any atom is 0.221 e. The molecule has 0 radical (unpaired) electrons. The molecular weight excluding hydrogens is 312 g/mol. The van der Waals surface area contributed by atoms with Crippen molar-refractivity contribution in [2.24, 2.45) is 5.92 Å². The van der Waals surface area contributed by atoms with Crippen molar-refractivity contribution in [1.82, 2.24) is 20.0 Å². The summed E-state index contributed by atoms with van der Waals surface area (Å²) in [6.45, 7) is 4.64. The highest BCUT2D eigenvalue weighted by Crippen LogP contribution is 2.18. The van der Waals surface area contributed by atoms with Gasteiger partial charge in [-0.3, -0.25) is 14.4 Å². The summed E-state index contributed by atoms with van der Waals surface area (Å²) in [4.78, 5) is 14.6. The third-order valence-electron chi connectivity index (χ3n) is 4.82. The Labute approximate surface area is 150 Å². The number of hydrogen-bond acceptors (Lipinski definition) is 3. The molecule has 134 valence electrons. The van der Waals surface area contributed by atoms with Crippen LogP contribution in [0.25, 0.3) is 0 Å². The van der Waals surface area contributed by atoms with Crippen molar-refractivity contribution in [3.63, 3.8) is 0 Å². The number of nitrogens with one attached hydrogen (secondary N) is 1. The second-order valence-electron chi connectivity index (χ2n) is 6.91. The number of amides is 1. The summed E-state index contributed by atoms with van der Waals surface area (Å²) < 4.78 is 1.80. The molecule has 25 heavy (non-hydrogen) atoms. The van der Waals surface area contributed by atoms with Crippen LogP contribution >= 0.6 is 0 Å². The van der Waals surface area contributed by atoms with Crippen LogP contribution in [-0.2, 0) is 17.9 Å². The molecule has 0 spiro atoms. The molecule has 1 aliphatic rings. The van der Waals surface area contributed by atoms with Crippen molar-refractivity contribution in [3.05, 3.63) is 54.4 Å². The standard InChI is InChI=1S/C20H28N4O/c25-20(10-14-24-13-6-11-22-24)21-15-19-9-4-5-12-23(17-19)16-18-7-2-1-3-8-18/h1-3,6-8,11,13,19H,4-5,9-10,12,14-17H2,(H,21,25). The molecule has 0 saturated carbocycles. The van der Waals surface area contributed by atoms with E-state index < -0.39 is 0 Å². The molecule has 1 amide bonds.